The van der Waals surface area contributed by atoms with Crippen molar-refractivity contribution < 1.29 is 49.8 Å². The van der Waals surface area contributed by atoms with Crippen LogP contribution in [0.25, 0.3) is 43.6 Å². The summed E-state index contributed by atoms with van der Waals surface area (Å²) >= 11 is 0. The van der Waals surface area contributed by atoms with Gasteiger partial charge in [-0.25, -0.2) is 0 Å². The molecule has 0 bridgehead atoms. The Morgan fingerprint density at radius 1 is 0.804 bits per heavy atom. The Hall–Kier alpha value is -5.02. The Bertz CT molecular complexity index is 2220. The van der Waals surface area contributed by atoms with Gasteiger partial charge in [0.25, 0.3) is 11.8 Å². The number of rotatable bonds is 5. The number of carbonyl (C=O) groups is 2. The van der Waals surface area contributed by atoms with Gasteiger partial charge in [0.2, 0.25) is 0 Å². The molecule has 6 aromatic rings. The summed E-state index contributed by atoms with van der Waals surface area (Å²) in [6.45, 7) is -0.748. The van der Waals surface area contributed by atoms with E-state index in [0.717, 1.165) is 5.56 Å². The van der Waals surface area contributed by atoms with Gasteiger partial charge in [0.15, 0.2) is 6.23 Å². The van der Waals surface area contributed by atoms with Gasteiger partial charge in [-0.05, 0) is 29.8 Å². The average Bonchev–Trinajstić information content (AvgIpc) is 3.66. The third kappa shape index (κ3) is 3.91. The number of phenols is 2. The Balaban J connectivity index is 1.47. The quantitative estimate of drug-likeness (QED) is 0.140. The van der Waals surface area contributed by atoms with Crippen LogP contribution in [0, 0.1) is 0 Å². The number of carbonyl (C=O) groups excluding carboxylic acids is 2. The Labute approximate surface area is 258 Å². The third-order valence-corrected chi connectivity index (χ3v) is 8.88. The predicted molar refractivity (Wildman–Crippen MR) is 163 cm³/mol. The number of hydrogen-bond donors (Lipinski definition) is 7. The van der Waals surface area contributed by atoms with Crippen molar-refractivity contribution in [2.75, 3.05) is 6.61 Å². The summed E-state index contributed by atoms with van der Waals surface area (Å²) in [7, 11) is 0. The molecule has 2 amide bonds. The molecule has 0 radical (unpaired) electrons. The normalized spacial score (nSPS) is 23.4. The molecule has 0 aliphatic carbocycles. The number of phenolic OH excluding ortho intramolecular Hbond substituents is 2. The lowest BCUT2D eigenvalue weighted by Gasteiger charge is -2.41. The lowest BCUT2D eigenvalue weighted by molar-refractivity contribution is -0.249. The summed E-state index contributed by atoms with van der Waals surface area (Å²) in [5, 5.41) is 65.5. The summed E-state index contributed by atoms with van der Waals surface area (Å²) < 4.78 is 7.45. The Morgan fingerprint density at radius 3 is 2.20 bits per heavy atom. The van der Waals surface area contributed by atoms with Gasteiger partial charge in [0, 0.05) is 33.7 Å². The first kappa shape index (κ1) is 28.5. The van der Waals surface area contributed by atoms with Crippen molar-refractivity contribution in [3.63, 3.8) is 0 Å². The minimum atomic E-state index is -1.73. The van der Waals surface area contributed by atoms with Crippen LogP contribution in [0.2, 0.25) is 0 Å². The molecule has 13 nitrogen and oxygen atoms in total. The molecule has 7 N–H and O–H groups in total. The van der Waals surface area contributed by atoms with E-state index in [1.807, 2.05) is 6.07 Å². The second-order valence-electron chi connectivity index (χ2n) is 11.5. The van der Waals surface area contributed by atoms with Crippen LogP contribution in [0.4, 0.5) is 0 Å². The number of hydrogen-bond acceptors (Lipinski definition) is 10. The number of aliphatic hydroxyl groups is 4. The van der Waals surface area contributed by atoms with E-state index in [-0.39, 0.29) is 45.7 Å². The number of benzene rings is 4. The molecule has 2 aromatic heterocycles. The highest BCUT2D eigenvalue weighted by Gasteiger charge is 2.47. The number of ether oxygens (including phenoxy) is 1. The Morgan fingerprint density at radius 2 is 1.48 bits per heavy atom. The summed E-state index contributed by atoms with van der Waals surface area (Å²) in [6, 6.07) is 17.9. The largest absolute Gasteiger partial charge is 0.508 e. The van der Waals surface area contributed by atoms with Crippen LogP contribution in [0.1, 0.15) is 32.5 Å². The van der Waals surface area contributed by atoms with Gasteiger partial charge in [-0.15, -0.1) is 5.06 Å². The zero-order chi connectivity index (χ0) is 32.0. The number of aliphatic hydroxyl groups excluding tert-OH is 4. The molecule has 0 spiro atoms. The van der Waals surface area contributed by atoms with Crippen LogP contribution in [0.3, 0.4) is 0 Å². The van der Waals surface area contributed by atoms with Crippen molar-refractivity contribution in [3.05, 3.63) is 83.4 Å². The minimum Gasteiger partial charge on any atom is -0.508 e. The second kappa shape index (κ2) is 10.3. The maximum atomic E-state index is 14.2. The van der Waals surface area contributed by atoms with E-state index in [0.29, 0.717) is 32.3 Å². The zero-order valence-corrected chi connectivity index (χ0v) is 23.9. The highest BCUT2D eigenvalue weighted by atomic mass is 16.7. The van der Waals surface area contributed by atoms with Crippen LogP contribution in [0.5, 0.6) is 11.5 Å². The number of hydroxylamine groups is 2. The van der Waals surface area contributed by atoms with Crippen molar-refractivity contribution >= 4 is 55.4 Å². The summed E-state index contributed by atoms with van der Waals surface area (Å²) in [5.41, 5.74) is 2.08. The summed E-state index contributed by atoms with van der Waals surface area (Å²) in [5.74, 6) is -1.66. The van der Waals surface area contributed by atoms with E-state index >= 15 is 0 Å². The number of aromatic amines is 1. The van der Waals surface area contributed by atoms with Gasteiger partial charge in [0.05, 0.1) is 39.8 Å². The van der Waals surface area contributed by atoms with E-state index in [4.69, 9.17) is 9.57 Å². The third-order valence-electron chi connectivity index (χ3n) is 8.88. The lowest BCUT2D eigenvalue weighted by Crippen LogP contribution is -2.56. The molecule has 5 atom stereocenters. The fraction of sp³-hybridized carbons (Fsp3) is 0.212. The zero-order valence-electron chi connectivity index (χ0n) is 23.9. The van der Waals surface area contributed by atoms with Crippen molar-refractivity contribution in [1.82, 2.24) is 14.6 Å². The maximum Gasteiger partial charge on any atom is 0.286 e. The van der Waals surface area contributed by atoms with Crippen molar-refractivity contribution in [2.45, 2.75) is 37.3 Å². The van der Waals surface area contributed by atoms with Gasteiger partial charge in [0.1, 0.15) is 42.5 Å². The van der Waals surface area contributed by atoms with Gasteiger partial charge in [-0.3, -0.25) is 14.4 Å². The molecule has 1 fully saturated rings. The molecule has 13 heteroatoms. The van der Waals surface area contributed by atoms with Crippen molar-refractivity contribution in [3.8, 4) is 11.5 Å². The smallest absolute Gasteiger partial charge is 0.286 e. The second-order valence-corrected chi connectivity index (χ2v) is 11.5. The van der Waals surface area contributed by atoms with Crippen LogP contribution in [0.15, 0.2) is 66.7 Å². The fourth-order valence-corrected chi connectivity index (χ4v) is 6.78. The van der Waals surface area contributed by atoms with Crippen LogP contribution in [-0.4, -0.2) is 88.1 Å². The van der Waals surface area contributed by atoms with Crippen LogP contribution < -0.4 is 0 Å². The van der Waals surface area contributed by atoms with E-state index in [2.05, 4.69) is 4.98 Å². The first-order valence-corrected chi connectivity index (χ1v) is 14.5. The first-order chi connectivity index (χ1) is 22.2. The van der Waals surface area contributed by atoms with E-state index in [1.54, 1.807) is 36.4 Å². The number of amides is 2. The summed E-state index contributed by atoms with van der Waals surface area (Å²) in [6.07, 6.45) is -7.78. The highest BCUT2D eigenvalue weighted by Crippen LogP contribution is 2.48. The van der Waals surface area contributed by atoms with Gasteiger partial charge in [-0.1, -0.05) is 30.3 Å². The van der Waals surface area contributed by atoms with Gasteiger partial charge in [-0.2, -0.15) is 0 Å². The molecular formula is C33H27N3O10. The molecule has 46 heavy (non-hydrogen) atoms. The van der Waals surface area contributed by atoms with E-state index in [1.165, 1.54) is 28.8 Å². The number of H-pyrrole nitrogens is 1. The number of fused-ring (bicyclic) bond motifs is 10. The lowest BCUT2D eigenvalue weighted by atomic mass is 9.96. The number of imide groups is 1. The molecular weight excluding hydrogens is 598 g/mol. The number of nitrogens with one attached hydrogen (secondary N) is 1. The predicted octanol–water partition coefficient (Wildman–Crippen LogP) is 2.54. The number of aromatic nitrogens is 2. The SMILES string of the molecule is O=C1c2c(c3c4ccc(O)cc4n([C@@H]4O[C@H](CO)[C@@H](O)[C@H](O)[C@H]4O)c3c3[nH]c4cc(O)ccc4c23)C(=O)N1OCc1ccccc1. The first-order valence-electron chi connectivity index (χ1n) is 14.5. The molecule has 4 heterocycles. The topological polar surface area (TPSA) is 198 Å². The fourth-order valence-electron chi connectivity index (χ4n) is 6.78. The van der Waals surface area contributed by atoms with E-state index < -0.39 is 49.1 Å². The number of nitrogens with zero attached hydrogens (tertiary/aromatic N) is 2. The monoisotopic (exact) mass is 625 g/mol. The van der Waals surface area contributed by atoms with Crippen molar-refractivity contribution in [2.24, 2.45) is 0 Å². The molecule has 234 valence electrons. The van der Waals surface area contributed by atoms with E-state index in [9.17, 15) is 40.2 Å². The molecule has 0 unspecified atom stereocenters. The molecule has 1 saturated heterocycles. The van der Waals surface area contributed by atoms with Crippen LogP contribution in [-0.2, 0) is 16.2 Å². The molecule has 0 saturated carbocycles. The molecule has 8 rings (SSSR count). The summed E-state index contributed by atoms with van der Waals surface area (Å²) in [4.78, 5) is 37.4. The molecule has 2 aliphatic rings. The molecule has 2 aliphatic heterocycles. The standard InChI is InChI=1S/C33H27N3O10/c37-12-21-28(40)29(41)30(42)33(46-21)35-20-11-16(39)7-9-18(20)23-25-24(22-17-8-6-15(38)10-19(17)34-26(22)27(23)35)31(43)36(32(25)44)45-13-14-4-2-1-3-5-14/h1-11,21,28-30,33-34,37-42H,12-13H2/t21-,28-,29+,30-,33-/m1/s1. The maximum absolute atomic E-state index is 14.2. The average molecular weight is 626 g/mol. The Kier molecular flexibility index (Phi) is 6.34. The van der Waals surface area contributed by atoms with Gasteiger partial charge < -0.3 is 44.9 Å². The molecule has 4 aromatic carbocycles. The van der Waals surface area contributed by atoms with Crippen LogP contribution >= 0.6 is 0 Å². The van der Waals surface area contributed by atoms with Gasteiger partial charge >= 0.3 is 0 Å². The number of aromatic hydroxyl groups is 2. The highest BCUT2D eigenvalue weighted by molar-refractivity contribution is 6.39. The van der Waals surface area contributed by atoms with Crippen molar-refractivity contribution in [1.29, 1.82) is 0 Å². The minimum absolute atomic E-state index is 0.00793.